The average molecular weight is 311 g/mol. The van der Waals surface area contributed by atoms with Crippen LogP contribution in [-0.2, 0) is 0 Å². The third kappa shape index (κ3) is 3.65. The molecule has 0 aliphatic carbocycles. The van der Waals surface area contributed by atoms with Crippen molar-refractivity contribution >= 4 is 17.4 Å². The Morgan fingerprint density at radius 2 is 1.95 bits per heavy atom. The van der Waals surface area contributed by atoms with Crippen LogP contribution in [0.25, 0.3) is 0 Å². The van der Waals surface area contributed by atoms with E-state index in [1.807, 2.05) is 13.0 Å². The number of hydrogen-bond donors (Lipinski definition) is 0. The second-order valence-corrected chi connectivity index (χ2v) is 6.80. The van der Waals surface area contributed by atoms with E-state index in [1.165, 1.54) is 0 Å². The Morgan fingerprint density at radius 1 is 1.29 bits per heavy atom. The minimum Gasteiger partial charge on any atom is -0.633 e. The van der Waals surface area contributed by atoms with Crippen LogP contribution in [0, 0.1) is 18.0 Å². The maximum Gasteiger partial charge on any atom is 0.224 e. The normalized spacial score (nSPS) is 22.7. The first-order valence-electron chi connectivity index (χ1n) is 7.87. The number of hydrogen-bond acceptors (Lipinski definition) is 4. The Hall–Kier alpha value is -0.910. The lowest BCUT2D eigenvalue weighted by molar-refractivity contribution is -0.871. The highest BCUT2D eigenvalue weighted by Crippen LogP contribution is 2.27. The predicted octanol–water partition coefficient (Wildman–Crippen LogP) is 2.76. The van der Waals surface area contributed by atoms with E-state index in [0.29, 0.717) is 11.2 Å². The molecular weight excluding hydrogens is 288 g/mol. The fourth-order valence-corrected chi connectivity index (χ4v) is 3.81. The van der Waals surface area contributed by atoms with Crippen LogP contribution in [0.1, 0.15) is 31.4 Å². The molecule has 21 heavy (non-hydrogen) atoms. The average Bonchev–Trinajstić information content (AvgIpc) is 2.85. The predicted molar refractivity (Wildman–Crippen MR) is 84.2 cm³/mol. The van der Waals surface area contributed by atoms with Gasteiger partial charge in [0.1, 0.15) is 5.82 Å². The molecule has 0 aromatic carbocycles. The molecule has 0 unspecified atom stereocenters. The summed E-state index contributed by atoms with van der Waals surface area (Å²) in [6.07, 6.45) is 4.34. The molecule has 5 nitrogen and oxygen atoms in total. The zero-order valence-corrected chi connectivity index (χ0v) is 13.3. The van der Waals surface area contributed by atoms with Gasteiger partial charge in [-0.1, -0.05) is 0 Å². The molecule has 2 aliphatic heterocycles. The van der Waals surface area contributed by atoms with Crippen molar-refractivity contribution in [2.45, 2.75) is 32.6 Å². The highest BCUT2D eigenvalue weighted by molar-refractivity contribution is 6.28. The zero-order chi connectivity index (χ0) is 14.9. The maximum atomic E-state index is 12.5. The van der Waals surface area contributed by atoms with Crippen molar-refractivity contribution in [3.05, 3.63) is 22.3 Å². The molecule has 2 fully saturated rings. The number of likely N-dealkylation sites (tertiary alicyclic amines) is 1. The number of rotatable bonds is 3. The van der Waals surface area contributed by atoms with Gasteiger partial charge in [0.2, 0.25) is 5.28 Å². The lowest BCUT2D eigenvalue weighted by Gasteiger charge is -2.43. The molecule has 6 heteroatoms. The van der Waals surface area contributed by atoms with Crippen LogP contribution in [0.15, 0.2) is 6.07 Å². The highest BCUT2D eigenvalue weighted by atomic mass is 35.5. The summed E-state index contributed by atoms with van der Waals surface area (Å²) in [5, 5.41) is 12.8. The second kappa shape index (κ2) is 6.07. The molecule has 0 N–H and O–H groups in total. The molecule has 2 saturated heterocycles. The Labute approximate surface area is 131 Å². The molecule has 1 aromatic heterocycles. The number of anilines is 1. The number of quaternary nitrogens is 1. The van der Waals surface area contributed by atoms with Crippen LogP contribution in [-0.4, -0.2) is 47.3 Å². The monoisotopic (exact) mass is 310 g/mol. The van der Waals surface area contributed by atoms with Gasteiger partial charge in [0, 0.05) is 43.6 Å². The van der Waals surface area contributed by atoms with Crippen LogP contribution >= 0.6 is 11.6 Å². The highest BCUT2D eigenvalue weighted by Gasteiger charge is 2.29. The number of nitrogens with zero attached hydrogens (tertiary/aromatic N) is 4. The third-order valence-corrected chi connectivity index (χ3v) is 4.89. The number of halogens is 1. The third-order valence-electron chi connectivity index (χ3n) is 4.72. The van der Waals surface area contributed by atoms with Gasteiger partial charge in [-0.05, 0) is 31.4 Å². The summed E-state index contributed by atoms with van der Waals surface area (Å²) in [4.78, 5) is 10.7. The summed E-state index contributed by atoms with van der Waals surface area (Å²) in [5.41, 5.74) is 0.897. The molecule has 2 aliphatic rings. The van der Waals surface area contributed by atoms with Crippen LogP contribution < -0.4 is 4.90 Å². The molecule has 0 bridgehead atoms. The van der Waals surface area contributed by atoms with E-state index in [2.05, 4.69) is 14.9 Å². The fourth-order valence-electron chi connectivity index (χ4n) is 3.59. The topological polar surface area (TPSA) is 52.1 Å². The van der Waals surface area contributed by atoms with Crippen LogP contribution in [0.4, 0.5) is 5.82 Å². The summed E-state index contributed by atoms with van der Waals surface area (Å²) < 4.78 is 0.0448. The number of hydroxylamine groups is 3. The van der Waals surface area contributed by atoms with Gasteiger partial charge >= 0.3 is 0 Å². The van der Waals surface area contributed by atoms with Crippen LogP contribution in [0.3, 0.4) is 0 Å². The van der Waals surface area contributed by atoms with Crippen molar-refractivity contribution in [3.8, 4) is 0 Å². The van der Waals surface area contributed by atoms with E-state index in [4.69, 9.17) is 11.6 Å². The molecule has 0 atom stereocenters. The Kier molecular flexibility index (Phi) is 4.33. The van der Waals surface area contributed by atoms with Crippen molar-refractivity contribution in [2.24, 2.45) is 5.92 Å². The van der Waals surface area contributed by atoms with E-state index in [-0.39, 0.29) is 4.65 Å². The van der Waals surface area contributed by atoms with Gasteiger partial charge < -0.3 is 14.8 Å². The van der Waals surface area contributed by atoms with E-state index in [0.717, 1.165) is 69.9 Å². The molecule has 3 rings (SSSR count). The van der Waals surface area contributed by atoms with Crippen molar-refractivity contribution in [2.75, 3.05) is 37.6 Å². The first-order valence-corrected chi connectivity index (χ1v) is 8.25. The number of piperidine rings is 1. The molecule has 0 saturated carbocycles. The molecule has 0 amide bonds. The van der Waals surface area contributed by atoms with Crippen molar-refractivity contribution in [1.29, 1.82) is 0 Å². The molecular formula is C15H23ClN4O. The lowest BCUT2D eigenvalue weighted by atomic mass is 9.96. The fraction of sp³-hybridized carbons (Fsp3) is 0.733. The van der Waals surface area contributed by atoms with Crippen molar-refractivity contribution < 1.29 is 4.65 Å². The zero-order valence-electron chi connectivity index (χ0n) is 12.6. The first kappa shape index (κ1) is 15.0. The number of aromatic nitrogens is 2. The van der Waals surface area contributed by atoms with E-state index >= 15 is 0 Å². The summed E-state index contributed by atoms with van der Waals surface area (Å²) in [5.74, 6) is 1.47. The van der Waals surface area contributed by atoms with Gasteiger partial charge in [0.05, 0.1) is 19.6 Å². The van der Waals surface area contributed by atoms with Crippen molar-refractivity contribution in [1.82, 2.24) is 9.97 Å². The van der Waals surface area contributed by atoms with E-state index in [9.17, 15) is 5.21 Å². The molecule has 116 valence electrons. The molecule has 1 aromatic rings. The Morgan fingerprint density at radius 3 is 2.57 bits per heavy atom. The van der Waals surface area contributed by atoms with Gasteiger partial charge in [-0.25, -0.2) is 9.97 Å². The second-order valence-electron chi connectivity index (χ2n) is 6.46. The lowest BCUT2D eigenvalue weighted by Crippen LogP contribution is -2.46. The van der Waals surface area contributed by atoms with Gasteiger partial charge in [-0.15, -0.1) is 0 Å². The molecule has 3 heterocycles. The van der Waals surface area contributed by atoms with Crippen LogP contribution in [0.2, 0.25) is 5.28 Å². The number of aryl methyl sites for hydroxylation is 1. The Balaban J connectivity index is 1.57. The van der Waals surface area contributed by atoms with E-state index < -0.39 is 0 Å². The minimum atomic E-state index is 0.0448. The first-order chi connectivity index (χ1) is 10.0. The standard InChI is InChI=1S/C15H23ClN4O/c1-12-10-14(18-15(16)17-12)19-6-4-13(5-7-19)11-20(21)8-2-3-9-20/h10,13H,2-9,11H2,1H3. The quantitative estimate of drug-likeness (QED) is 0.489. The minimum absolute atomic E-state index is 0.0448. The SMILES string of the molecule is Cc1cc(N2CCC(C[N+]3([O-])CCCC3)CC2)nc(Cl)n1. The Bertz CT molecular complexity index is 476. The van der Waals surface area contributed by atoms with E-state index in [1.54, 1.807) is 0 Å². The maximum absolute atomic E-state index is 12.5. The summed E-state index contributed by atoms with van der Waals surface area (Å²) in [7, 11) is 0. The van der Waals surface area contributed by atoms with Crippen LogP contribution in [0.5, 0.6) is 0 Å². The summed E-state index contributed by atoms with van der Waals surface area (Å²) in [6.45, 7) is 6.29. The van der Waals surface area contributed by atoms with Gasteiger partial charge in [-0.2, -0.15) is 0 Å². The van der Waals surface area contributed by atoms with Gasteiger partial charge in [-0.3, -0.25) is 0 Å². The largest absolute Gasteiger partial charge is 0.633 e. The summed E-state index contributed by atoms with van der Waals surface area (Å²) >= 11 is 5.94. The molecule has 0 spiro atoms. The smallest absolute Gasteiger partial charge is 0.224 e. The van der Waals surface area contributed by atoms with Gasteiger partial charge in [0.15, 0.2) is 0 Å². The van der Waals surface area contributed by atoms with Crippen molar-refractivity contribution in [3.63, 3.8) is 0 Å². The molecule has 0 radical (unpaired) electrons. The summed E-state index contributed by atoms with van der Waals surface area (Å²) in [6, 6.07) is 1.98. The van der Waals surface area contributed by atoms with Gasteiger partial charge in [0.25, 0.3) is 0 Å².